The first-order valence-corrected chi connectivity index (χ1v) is 9.87. The number of hydrogen-bond acceptors (Lipinski definition) is 7. The van der Waals surface area contributed by atoms with Crippen molar-refractivity contribution >= 4 is 23.4 Å². The van der Waals surface area contributed by atoms with Crippen molar-refractivity contribution in [2.75, 3.05) is 62.6 Å². The number of carbonyl (C=O) groups excluding carboxylic acids is 1. The Morgan fingerprint density at radius 2 is 1.97 bits per heavy atom. The van der Waals surface area contributed by atoms with Gasteiger partial charge in [0.1, 0.15) is 11.4 Å². The third-order valence-electron chi connectivity index (χ3n) is 5.53. The van der Waals surface area contributed by atoms with Crippen molar-refractivity contribution in [1.82, 2.24) is 9.97 Å². The highest BCUT2D eigenvalue weighted by atomic mass is 16.5. The van der Waals surface area contributed by atoms with Gasteiger partial charge >= 0.3 is 0 Å². The smallest absolute Gasteiger partial charge is 0.235 e. The summed E-state index contributed by atoms with van der Waals surface area (Å²) < 4.78 is 10.9. The van der Waals surface area contributed by atoms with Crippen LogP contribution in [0.2, 0.25) is 0 Å². The molecule has 29 heavy (non-hydrogen) atoms. The number of ether oxygens (including phenoxy) is 2. The molecule has 1 aromatic carbocycles. The van der Waals surface area contributed by atoms with Crippen molar-refractivity contribution in [2.45, 2.75) is 18.3 Å². The summed E-state index contributed by atoms with van der Waals surface area (Å²) in [5.74, 6) is 2.03. The van der Waals surface area contributed by atoms with Crippen LogP contribution in [0, 0.1) is 0 Å². The molecule has 1 saturated carbocycles. The Labute approximate surface area is 170 Å². The van der Waals surface area contributed by atoms with E-state index in [0.29, 0.717) is 30.7 Å². The van der Waals surface area contributed by atoms with Crippen LogP contribution in [0.4, 0.5) is 17.5 Å². The van der Waals surface area contributed by atoms with Crippen LogP contribution < -0.4 is 19.9 Å². The lowest BCUT2D eigenvalue weighted by molar-refractivity contribution is -0.118. The van der Waals surface area contributed by atoms with Gasteiger partial charge in [-0.3, -0.25) is 4.79 Å². The van der Waals surface area contributed by atoms with Gasteiger partial charge in [-0.05, 0) is 18.9 Å². The summed E-state index contributed by atoms with van der Waals surface area (Å²) in [7, 11) is 5.46. The van der Waals surface area contributed by atoms with E-state index in [1.54, 1.807) is 13.3 Å². The molecule has 0 atom stereocenters. The largest absolute Gasteiger partial charge is 0.496 e. The Kier molecular flexibility index (Phi) is 5.27. The van der Waals surface area contributed by atoms with Gasteiger partial charge in [-0.25, -0.2) is 4.98 Å². The third-order valence-corrected chi connectivity index (χ3v) is 5.53. The molecule has 4 rings (SSSR count). The average Bonchev–Trinajstić information content (AvgIpc) is 3.56. The molecule has 2 heterocycles. The maximum absolute atomic E-state index is 13.3. The van der Waals surface area contributed by atoms with E-state index in [-0.39, 0.29) is 5.91 Å². The van der Waals surface area contributed by atoms with Gasteiger partial charge in [0, 0.05) is 32.7 Å². The van der Waals surface area contributed by atoms with Gasteiger partial charge in [-0.1, -0.05) is 18.2 Å². The minimum Gasteiger partial charge on any atom is -0.496 e. The number of morpholine rings is 1. The molecule has 2 aromatic rings. The van der Waals surface area contributed by atoms with Crippen molar-refractivity contribution < 1.29 is 14.3 Å². The van der Waals surface area contributed by atoms with E-state index >= 15 is 0 Å². The standard InChI is InChI=1S/C21H27N5O3/c1-25(2)18-16(14-22-20(24-18)26-10-12-29-13-11-26)23-19(27)21(8-9-21)15-6-4-5-7-17(15)28-3/h4-7,14H,8-13H2,1-3H3,(H,23,27). The zero-order chi connectivity index (χ0) is 20.4. The number of aromatic nitrogens is 2. The summed E-state index contributed by atoms with van der Waals surface area (Å²) in [4.78, 5) is 26.5. The highest BCUT2D eigenvalue weighted by Gasteiger charge is 2.53. The Bertz CT molecular complexity index is 892. The Morgan fingerprint density at radius 3 is 2.62 bits per heavy atom. The Morgan fingerprint density at radius 1 is 1.24 bits per heavy atom. The second kappa shape index (κ2) is 7.87. The molecule has 0 spiro atoms. The summed E-state index contributed by atoms with van der Waals surface area (Å²) >= 11 is 0. The highest BCUT2D eigenvalue weighted by molar-refractivity contribution is 6.03. The lowest BCUT2D eigenvalue weighted by Crippen LogP contribution is -2.37. The predicted molar refractivity (Wildman–Crippen MR) is 112 cm³/mol. The van der Waals surface area contributed by atoms with Crippen LogP contribution in [0.5, 0.6) is 5.75 Å². The number of amides is 1. The first-order valence-electron chi connectivity index (χ1n) is 9.87. The maximum atomic E-state index is 13.3. The molecular formula is C21H27N5O3. The quantitative estimate of drug-likeness (QED) is 0.799. The molecule has 154 valence electrons. The lowest BCUT2D eigenvalue weighted by Gasteiger charge is -2.28. The summed E-state index contributed by atoms with van der Waals surface area (Å²) in [5.41, 5.74) is 0.981. The summed E-state index contributed by atoms with van der Waals surface area (Å²) in [5, 5.41) is 3.07. The topological polar surface area (TPSA) is 79.8 Å². The van der Waals surface area contributed by atoms with Gasteiger partial charge in [0.2, 0.25) is 11.9 Å². The second-order valence-electron chi connectivity index (χ2n) is 7.64. The van der Waals surface area contributed by atoms with Crippen LogP contribution in [-0.2, 0) is 14.9 Å². The van der Waals surface area contributed by atoms with Crippen LogP contribution in [0.1, 0.15) is 18.4 Å². The molecule has 1 aliphatic carbocycles. The monoisotopic (exact) mass is 397 g/mol. The molecule has 1 aliphatic heterocycles. The van der Waals surface area contributed by atoms with Crippen molar-refractivity contribution in [1.29, 1.82) is 0 Å². The fourth-order valence-electron chi connectivity index (χ4n) is 3.73. The van der Waals surface area contributed by atoms with Gasteiger partial charge in [0.25, 0.3) is 0 Å². The fraction of sp³-hybridized carbons (Fsp3) is 0.476. The number of methoxy groups -OCH3 is 1. The van der Waals surface area contributed by atoms with E-state index in [9.17, 15) is 4.79 Å². The summed E-state index contributed by atoms with van der Waals surface area (Å²) in [6.45, 7) is 2.85. The average molecular weight is 397 g/mol. The normalized spacial score (nSPS) is 17.6. The molecule has 0 unspecified atom stereocenters. The van der Waals surface area contributed by atoms with Gasteiger partial charge < -0.3 is 24.6 Å². The maximum Gasteiger partial charge on any atom is 0.235 e. The summed E-state index contributed by atoms with van der Waals surface area (Å²) in [6, 6.07) is 7.72. The minimum atomic E-state index is -0.556. The number of carbonyl (C=O) groups is 1. The zero-order valence-corrected chi connectivity index (χ0v) is 17.1. The van der Waals surface area contributed by atoms with Gasteiger partial charge in [0.05, 0.1) is 31.9 Å². The van der Waals surface area contributed by atoms with Gasteiger partial charge in [-0.15, -0.1) is 0 Å². The number of para-hydroxylation sites is 1. The van der Waals surface area contributed by atoms with Crippen molar-refractivity contribution in [3.05, 3.63) is 36.0 Å². The number of anilines is 3. The molecule has 0 bridgehead atoms. The van der Waals surface area contributed by atoms with Crippen molar-refractivity contribution in [3.8, 4) is 5.75 Å². The molecule has 8 nitrogen and oxygen atoms in total. The first-order chi connectivity index (χ1) is 14.0. The number of rotatable bonds is 6. The molecule has 1 saturated heterocycles. The van der Waals surface area contributed by atoms with Gasteiger partial charge in [0.15, 0.2) is 5.82 Å². The molecule has 1 amide bonds. The molecule has 8 heteroatoms. The predicted octanol–water partition coefficient (Wildman–Crippen LogP) is 2.06. The SMILES string of the molecule is COc1ccccc1C1(C(=O)Nc2cnc(N3CCOCC3)nc2N(C)C)CC1. The number of nitrogens with one attached hydrogen (secondary N) is 1. The molecule has 2 fully saturated rings. The zero-order valence-electron chi connectivity index (χ0n) is 17.1. The number of benzene rings is 1. The number of nitrogens with zero attached hydrogens (tertiary/aromatic N) is 4. The van der Waals surface area contributed by atoms with Crippen LogP contribution >= 0.6 is 0 Å². The third kappa shape index (κ3) is 3.72. The molecule has 1 aromatic heterocycles. The van der Waals surface area contributed by atoms with E-state index in [4.69, 9.17) is 14.5 Å². The second-order valence-corrected chi connectivity index (χ2v) is 7.64. The van der Waals surface area contributed by atoms with Crippen LogP contribution in [0.3, 0.4) is 0 Å². The van der Waals surface area contributed by atoms with Crippen LogP contribution in [0.25, 0.3) is 0 Å². The molecule has 0 radical (unpaired) electrons. The molecule has 1 N–H and O–H groups in total. The van der Waals surface area contributed by atoms with Gasteiger partial charge in [-0.2, -0.15) is 4.98 Å². The van der Waals surface area contributed by atoms with Crippen molar-refractivity contribution in [2.24, 2.45) is 0 Å². The number of hydrogen-bond donors (Lipinski definition) is 1. The van der Waals surface area contributed by atoms with Crippen molar-refractivity contribution in [3.63, 3.8) is 0 Å². The molecule has 2 aliphatic rings. The summed E-state index contributed by atoms with van der Waals surface area (Å²) in [6.07, 6.45) is 3.29. The van der Waals surface area contributed by atoms with E-state index in [0.717, 1.165) is 37.2 Å². The van der Waals surface area contributed by atoms with E-state index in [2.05, 4.69) is 15.2 Å². The molecular weight excluding hydrogens is 370 g/mol. The first kappa shape index (κ1) is 19.4. The van der Waals surface area contributed by atoms with Crippen LogP contribution in [0.15, 0.2) is 30.5 Å². The fourth-order valence-corrected chi connectivity index (χ4v) is 3.73. The minimum absolute atomic E-state index is 0.0483. The van der Waals surface area contributed by atoms with E-state index < -0.39 is 5.41 Å². The van der Waals surface area contributed by atoms with E-state index in [1.165, 1.54) is 0 Å². The lowest BCUT2D eigenvalue weighted by atomic mass is 9.94. The van der Waals surface area contributed by atoms with Crippen LogP contribution in [-0.4, -0.2) is 63.4 Å². The Hall–Kier alpha value is -2.87. The highest BCUT2D eigenvalue weighted by Crippen LogP contribution is 2.52. The Balaban J connectivity index is 1.59. The van der Waals surface area contributed by atoms with E-state index in [1.807, 2.05) is 43.3 Å².